The highest BCUT2D eigenvalue weighted by atomic mass is 32.1. The van der Waals surface area contributed by atoms with Crippen LogP contribution in [0.25, 0.3) is 21.7 Å². The van der Waals surface area contributed by atoms with Crippen LogP contribution in [0, 0.1) is 19.8 Å². The molecular formula is C21H22N4O3S. The maximum atomic E-state index is 13.4. The van der Waals surface area contributed by atoms with Crippen LogP contribution in [0.2, 0.25) is 0 Å². The summed E-state index contributed by atoms with van der Waals surface area (Å²) >= 11 is 1.63. The standard InChI is InChI=1S/C21H22N4O3S/c1-12-3-6-17(29-12)16-11-15(18-13(2)23-28-19(18)22-16)21(27)25-9-7-24(8-10-25)20(26)14-4-5-14/h3,6,11,14H,4-5,7-10H2,1-2H3. The molecule has 0 unspecified atom stereocenters. The highest BCUT2D eigenvalue weighted by Crippen LogP contribution is 2.33. The topological polar surface area (TPSA) is 79.5 Å². The Hall–Kier alpha value is -2.74. The summed E-state index contributed by atoms with van der Waals surface area (Å²) in [4.78, 5) is 36.2. The van der Waals surface area contributed by atoms with Crippen LogP contribution in [0.5, 0.6) is 0 Å². The summed E-state index contributed by atoms with van der Waals surface area (Å²) in [5, 5.41) is 4.70. The molecule has 2 fully saturated rings. The van der Waals surface area contributed by atoms with Crippen LogP contribution in [-0.2, 0) is 4.79 Å². The van der Waals surface area contributed by atoms with E-state index in [1.54, 1.807) is 11.3 Å². The lowest BCUT2D eigenvalue weighted by Gasteiger charge is -2.35. The SMILES string of the molecule is Cc1ccc(-c2cc(C(=O)N3CCN(C(=O)C4CC4)CC3)c3c(C)noc3n2)s1. The summed E-state index contributed by atoms with van der Waals surface area (Å²) in [7, 11) is 0. The normalized spacial score (nSPS) is 17.2. The van der Waals surface area contributed by atoms with E-state index in [0.29, 0.717) is 48.5 Å². The number of thiophene rings is 1. The van der Waals surface area contributed by atoms with Crippen LogP contribution in [-0.4, -0.2) is 57.9 Å². The van der Waals surface area contributed by atoms with Crippen molar-refractivity contribution in [3.8, 4) is 10.6 Å². The number of hydrogen-bond acceptors (Lipinski definition) is 6. The lowest BCUT2D eigenvalue weighted by atomic mass is 10.1. The van der Waals surface area contributed by atoms with Gasteiger partial charge in [0.25, 0.3) is 11.6 Å². The van der Waals surface area contributed by atoms with Crippen molar-refractivity contribution in [3.63, 3.8) is 0 Å². The fourth-order valence-electron chi connectivity index (χ4n) is 3.85. The second-order valence-corrected chi connectivity index (χ2v) is 9.09. The zero-order chi connectivity index (χ0) is 20.1. The molecule has 8 heteroatoms. The zero-order valence-electron chi connectivity index (χ0n) is 16.5. The molecule has 1 aliphatic heterocycles. The van der Waals surface area contributed by atoms with Gasteiger partial charge in [-0.05, 0) is 44.9 Å². The van der Waals surface area contributed by atoms with Gasteiger partial charge >= 0.3 is 0 Å². The molecule has 0 spiro atoms. The van der Waals surface area contributed by atoms with Gasteiger partial charge in [0.1, 0.15) is 0 Å². The van der Waals surface area contributed by atoms with Crippen molar-refractivity contribution < 1.29 is 14.1 Å². The largest absolute Gasteiger partial charge is 0.339 e. The molecule has 4 heterocycles. The fraction of sp³-hybridized carbons (Fsp3) is 0.429. The van der Waals surface area contributed by atoms with Crippen molar-refractivity contribution in [2.75, 3.05) is 26.2 Å². The minimum atomic E-state index is -0.0586. The van der Waals surface area contributed by atoms with Crippen LogP contribution in [0.1, 0.15) is 33.8 Å². The summed E-state index contributed by atoms with van der Waals surface area (Å²) in [6.07, 6.45) is 2.01. The van der Waals surface area contributed by atoms with Crippen LogP contribution >= 0.6 is 11.3 Å². The first-order valence-electron chi connectivity index (χ1n) is 9.93. The zero-order valence-corrected chi connectivity index (χ0v) is 17.3. The Morgan fingerprint density at radius 2 is 1.83 bits per heavy atom. The van der Waals surface area contributed by atoms with E-state index in [1.165, 1.54) is 4.88 Å². The van der Waals surface area contributed by atoms with E-state index in [2.05, 4.69) is 10.1 Å². The minimum absolute atomic E-state index is 0.0586. The van der Waals surface area contributed by atoms with E-state index in [1.807, 2.05) is 41.8 Å². The number of carbonyl (C=O) groups is 2. The van der Waals surface area contributed by atoms with Crippen molar-refractivity contribution in [2.45, 2.75) is 26.7 Å². The molecule has 29 heavy (non-hydrogen) atoms. The van der Waals surface area contributed by atoms with Gasteiger partial charge in [0.2, 0.25) is 5.91 Å². The van der Waals surface area contributed by atoms with E-state index in [0.717, 1.165) is 23.4 Å². The third kappa shape index (κ3) is 3.31. The van der Waals surface area contributed by atoms with Crippen molar-refractivity contribution in [2.24, 2.45) is 5.92 Å². The highest BCUT2D eigenvalue weighted by molar-refractivity contribution is 7.15. The van der Waals surface area contributed by atoms with Gasteiger partial charge in [0.15, 0.2) is 0 Å². The van der Waals surface area contributed by atoms with E-state index < -0.39 is 0 Å². The summed E-state index contributed by atoms with van der Waals surface area (Å²) in [6, 6.07) is 5.89. The number of fused-ring (bicyclic) bond motifs is 1. The first-order chi connectivity index (χ1) is 14.0. The Balaban J connectivity index is 1.45. The van der Waals surface area contributed by atoms with Crippen LogP contribution in [0.15, 0.2) is 22.7 Å². The maximum absolute atomic E-state index is 13.4. The quantitative estimate of drug-likeness (QED) is 0.662. The molecule has 3 aromatic rings. The summed E-state index contributed by atoms with van der Waals surface area (Å²) < 4.78 is 5.40. The van der Waals surface area contributed by atoms with Crippen LogP contribution in [0.4, 0.5) is 0 Å². The van der Waals surface area contributed by atoms with Gasteiger partial charge in [-0.25, -0.2) is 4.98 Å². The van der Waals surface area contributed by atoms with Crippen molar-refractivity contribution >= 4 is 34.3 Å². The Kier molecular flexibility index (Phi) is 4.38. The first-order valence-corrected chi connectivity index (χ1v) is 10.7. The Morgan fingerprint density at radius 1 is 1.10 bits per heavy atom. The van der Waals surface area contributed by atoms with Crippen LogP contribution < -0.4 is 0 Å². The summed E-state index contributed by atoms with van der Waals surface area (Å²) in [6.45, 7) is 6.13. The van der Waals surface area contributed by atoms with Gasteiger partial charge < -0.3 is 14.3 Å². The molecule has 0 radical (unpaired) electrons. The average Bonchev–Trinajstić information content (AvgIpc) is 3.40. The minimum Gasteiger partial charge on any atom is -0.339 e. The molecule has 0 atom stereocenters. The molecule has 1 aliphatic carbocycles. The van der Waals surface area contributed by atoms with Crippen molar-refractivity contribution in [1.82, 2.24) is 19.9 Å². The van der Waals surface area contributed by atoms with Gasteiger partial charge in [-0.15, -0.1) is 11.3 Å². The van der Waals surface area contributed by atoms with Gasteiger partial charge in [-0.1, -0.05) is 5.16 Å². The molecular weight excluding hydrogens is 388 g/mol. The molecule has 7 nitrogen and oxygen atoms in total. The second kappa shape index (κ2) is 6.95. The summed E-state index contributed by atoms with van der Waals surface area (Å²) in [5.41, 5.74) is 2.33. The molecule has 5 rings (SSSR count). The summed E-state index contributed by atoms with van der Waals surface area (Å²) in [5.74, 6) is 0.402. The molecule has 1 saturated carbocycles. The Morgan fingerprint density at radius 3 is 2.48 bits per heavy atom. The maximum Gasteiger partial charge on any atom is 0.259 e. The third-order valence-corrected chi connectivity index (χ3v) is 6.67. The average molecular weight is 410 g/mol. The lowest BCUT2D eigenvalue weighted by Crippen LogP contribution is -2.51. The third-order valence-electron chi connectivity index (χ3n) is 5.65. The van der Waals surface area contributed by atoms with Crippen molar-refractivity contribution in [1.29, 1.82) is 0 Å². The monoisotopic (exact) mass is 410 g/mol. The number of rotatable bonds is 3. The van der Waals surface area contributed by atoms with Gasteiger partial charge in [0, 0.05) is 37.0 Å². The second-order valence-electron chi connectivity index (χ2n) is 7.81. The molecule has 0 N–H and O–H groups in total. The van der Waals surface area contributed by atoms with Crippen LogP contribution in [0.3, 0.4) is 0 Å². The number of carbonyl (C=O) groups excluding carboxylic acids is 2. The van der Waals surface area contributed by atoms with Gasteiger partial charge in [-0.3, -0.25) is 9.59 Å². The molecule has 0 bridgehead atoms. The molecule has 0 aromatic carbocycles. The van der Waals surface area contributed by atoms with E-state index in [-0.39, 0.29) is 17.7 Å². The molecule has 150 valence electrons. The first kappa shape index (κ1) is 18.3. The number of nitrogens with zero attached hydrogens (tertiary/aromatic N) is 4. The Labute approximate surface area is 172 Å². The van der Waals surface area contributed by atoms with Gasteiger partial charge in [-0.2, -0.15) is 0 Å². The van der Waals surface area contributed by atoms with Crippen molar-refractivity contribution in [3.05, 3.63) is 34.3 Å². The molecule has 2 amide bonds. The number of aromatic nitrogens is 2. The number of aryl methyl sites for hydroxylation is 2. The number of pyridine rings is 1. The van der Waals surface area contributed by atoms with Gasteiger partial charge in [0.05, 0.1) is 27.2 Å². The number of amides is 2. The molecule has 2 aliphatic rings. The Bertz CT molecular complexity index is 1110. The smallest absolute Gasteiger partial charge is 0.259 e. The predicted molar refractivity (Wildman–Crippen MR) is 110 cm³/mol. The van der Waals surface area contributed by atoms with E-state index in [9.17, 15) is 9.59 Å². The number of hydrogen-bond donors (Lipinski definition) is 0. The van der Waals surface area contributed by atoms with E-state index >= 15 is 0 Å². The van der Waals surface area contributed by atoms with E-state index in [4.69, 9.17) is 4.52 Å². The lowest BCUT2D eigenvalue weighted by molar-refractivity contribution is -0.134. The fourth-order valence-corrected chi connectivity index (χ4v) is 4.68. The number of piperazine rings is 1. The molecule has 3 aromatic heterocycles. The molecule has 1 saturated heterocycles. The predicted octanol–water partition coefficient (Wildman–Crippen LogP) is 3.26. The highest BCUT2D eigenvalue weighted by Gasteiger charge is 2.35.